The molecule has 0 amide bonds. The topological polar surface area (TPSA) is 165 Å². The first-order chi connectivity index (χ1) is 30.3. The minimum Gasteiger partial charge on any atom is -0.497 e. The first kappa shape index (κ1) is 44.7. The van der Waals surface area contributed by atoms with Crippen molar-refractivity contribution in [3.63, 3.8) is 0 Å². The van der Waals surface area contributed by atoms with Crippen LogP contribution in [0.25, 0.3) is 11.2 Å². The number of fused-ring (bicyclic) bond motifs is 1. The molecule has 6 aromatic rings. The molecule has 1 aliphatic heterocycles. The van der Waals surface area contributed by atoms with Crippen molar-refractivity contribution in [2.75, 3.05) is 65.4 Å². The minimum atomic E-state index is -1.40. The van der Waals surface area contributed by atoms with Crippen molar-refractivity contribution < 1.29 is 33.0 Å². The molecular formula is C45H49N6O8PS2. The summed E-state index contributed by atoms with van der Waals surface area (Å²) in [6.07, 6.45) is 2.46. The van der Waals surface area contributed by atoms with Crippen molar-refractivity contribution in [1.82, 2.24) is 24.2 Å². The monoisotopic (exact) mass is 896 g/mol. The number of thioether (sulfide) groups is 1. The number of carbonyl (C=O) groups excluding carboxylic acids is 1. The molecule has 0 radical (unpaired) electrons. The normalized spacial score (nSPS) is 14.6. The van der Waals surface area contributed by atoms with Gasteiger partial charge in [-0.3, -0.25) is 19.1 Å². The van der Waals surface area contributed by atoms with E-state index in [-0.39, 0.29) is 28.8 Å². The molecule has 14 nitrogen and oxygen atoms in total. The predicted molar refractivity (Wildman–Crippen MR) is 245 cm³/mol. The molecule has 62 heavy (non-hydrogen) atoms. The van der Waals surface area contributed by atoms with Crippen LogP contribution in [0.4, 0.5) is 5.95 Å². The lowest BCUT2D eigenvalue weighted by atomic mass is 9.80. The zero-order valence-electron chi connectivity index (χ0n) is 34.9. The van der Waals surface area contributed by atoms with Crippen molar-refractivity contribution in [2.24, 2.45) is 0 Å². The van der Waals surface area contributed by atoms with Crippen LogP contribution in [0.2, 0.25) is 0 Å². The van der Waals surface area contributed by atoms with E-state index in [1.54, 1.807) is 37.3 Å². The number of aromatic amines is 1. The third-order valence-electron chi connectivity index (χ3n) is 10.3. The van der Waals surface area contributed by atoms with Gasteiger partial charge in [-0.05, 0) is 53.8 Å². The lowest BCUT2D eigenvalue weighted by Gasteiger charge is -2.37. The van der Waals surface area contributed by atoms with Gasteiger partial charge in [-0.25, -0.2) is 9.65 Å². The number of nitrogens with two attached hydrogens (primary N) is 1. The van der Waals surface area contributed by atoms with E-state index in [0.717, 1.165) is 42.6 Å². The van der Waals surface area contributed by atoms with Crippen LogP contribution in [0.15, 0.2) is 132 Å². The number of methoxy groups -OCH3 is 4. The van der Waals surface area contributed by atoms with Gasteiger partial charge in [0, 0.05) is 37.3 Å². The third kappa shape index (κ3) is 9.96. The molecule has 324 valence electrons. The number of carbonyl (C=O) groups is 1. The minimum absolute atomic E-state index is 0.0147. The Morgan fingerprint density at radius 3 is 2.02 bits per heavy atom. The molecule has 1 fully saturated rings. The summed E-state index contributed by atoms with van der Waals surface area (Å²) >= 11 is 2.92. The molecule has 7 rings (SSSR count). The molecule has 2 atom stereocenters. The van der Waals surface area contributed by atoms with Gasteiger partial charge in [-0.1, -0.05) is 108 Å². The maximum atomic E-state index is 13.0. The lowest BCUT2D eigenvalue weighted by Crippen LogP contribution is -2.34. The highest BCUT2D eigenvalue weighted by Gasteiger charge is 2.40. The number of anilines is 1. The number of nitrogen functional groups attached to an aromatic ring is 1. The molecule has 0 aliphatic carbocycles. The van der Waals surface area contributed by atoms with Gasteiger partial charge in [0.1, 0.15) is 23.7 Å². The number of hydrogen-bond acceptors (Lipinski definition) is 14. The van der Waals surface area contributed by atoms with Crippen LogP contribution in [0.3, 0.4) is 0 Å². The van der Waals surface area contributed by atoms with E-state index in [9.17, 15) is 9.59 Å². The maximum absolute atomic E-state index is 13.0. The highest BCUT2D eigenvalue weighted by atomic mass is 32.7. The zero-order chi connectivity index (χ0) is 43.5. The summed E-state index contributed by atoms with van der Waals surface area (Å²) in [5.41, 5.74) is 7.81. The summed E-state index contributed by atoms with van der Waals surface area (Å²) < 4.78 is 42.1. The SMILES string of the molecule is CO/C(COC(c1ccccc1)(c1ccc(OC)cc1)c1ccc(OC)cc1)=C(\OP(SCCSC(=O)c1ccccc1)N1CCCC1)[C@H](OC)n1cnc2c(=O)[nH]c(N)nc21. The maximum Gasteiger partial charge on any atom is 0.280 e. The average molecular weight is 897 g/mol. The number of H-pyrrole nitrogens is 1. The molecule has 0 saturated carbocycles. The van der Waals surface area contributed by atoms with Gasteiger partial charge in [0.25, 0.3) is 5.56 Å². The predicted octanol–water partition coefficient (Wildman–Crippen LogP) is 8.38. The Morgan fingerprint density at radius 2 is 1.44 bits per heavy atom. The summed E-state index contributed by atoms with van der Waals surface area (Å²) in [6, 6.07) is 34.8. The fraction of sp³-hybridized carbons (Fsp3) is 0.289. The Labute approximate surface area is 369 Å². The largest absolute Gasteiger partial charge is 0.497 e. The summed E-state index contributed by atoms with van der Waals surface area (Å²) in [7, 11) is 4.95. The first-order valence-corrected chi connectivity index (χ1v) is 23.7. The van der Waals surface area contributed by atoms with Crippen molar-refractivity contribution in [2.45, 2.75) is 24.7 Å². The van der Waals surface area contributed by atoms with Crippen LogP contribution < -0.4 is 20.8 Å². The van der Waals surface area contributed by atoms with Crippen LogP contribution in [-0.2, 0) is 24.3 Å². The second-order valence-electron chi connectivity index (χ2n) is 14.0. The van der Waals surface area contributed by atoms with E-state index >= 15 is 0 Å². The standard InChI is InChI=1S/C45H49N6O8PS2/c1-54-35-21-17-33(18-22-35)45(32-15-9-6-10-16-32,34-19-23-36(55-2)24-20-34)58-29-37(56-3)39(42(57-4)51-30-47-38-40(51)48-44(46)49-41(38)52)59-60(50-25-11-12-26-50)62-28-27-61-43(53)31-13-7-5-8-14-31/h5-10,13-24,30,42H,11-12,25-29H2,1-4H3,(H3,46,48,49,52)/b39-37-/t42-,60?/m0/s1. The van der Waals surface area contributed by atoms with Gasteiger partial charge >= 0.3 is 0 Å². The number of hydrogen-bond donors (Lipinski definition) is 2. The molecule has 1 aliphatic rings. The summed E-state index contributed by atoms with van der Waals surface area (Å²) in [6.45, 7) is 1.54. The van der Waals surface area contributed by atoms with Crippen LogP contribution >= 0.6 is 30.6 Å². The van der Waals surface area contributed by atoms with Crippen LogP contribution in [0.5, 0.6) is 11.5 Å². The van der Waals surface area contributed by atoms with E-state index in [1.165, 1.54) is 25.2 Å². The van der Waals surface area contributed by atoms with Crippen molar-refractivity contribution >= 4 is 52.9 Å². The van der Waals surface area contributed by atoms with Gasteiger partial charge in [0.15, 0.2) is 28.9 Å². The van der Waals surface area contributed by atoms with E-state index in [0.29, 0.717) is 40.1 Å². The second-order valence-corrected chi connectivity index (χ2v) is 18.6. The highest BCUT2D eigenvalue weighted by molar-refractivity contribution is 8.53. The van der Waals surface area contributed by atoms with Gasteiger partial charge in [0.05, 0.1) is 27.7 Å². The fourth-order valence-electron chi connectivity index (χ4n) is 7.19. The van der Waals surface area contributed by atoms with E-state index < -0.39 is 24.9 Å². The van der Waals surface area contributed by atoms with Crippen LogP contribution in [0, 0.1) is 0 Å². The summed E-state index contributed by atoms with van der Waals surface area (Å²) in [5.74, 6) is 3.12. The van der Waals surface area contributed by atoms with E-state index in [1.807, 2.05) is 109 Å². The average Bonchev–Trinajstić information content (AvgIpc) is 4.01. The molecule has 3 heterocycles. The molecule has 4 aromatic carbocycles. The Bertz CT molecular complexity index is 2440. The number of ether oxygens (including phenoxy) is 5. The number of benzene rings is 4. The van der Waals surface area contributed by atoms with Crippen molar-refractivity contribution in [1.29, 1.82) is 0 Å². The Balaban J connectivity index is 1.33. The fourth-order valence-corrected chi connectivity index (χ4v) is 12.3. The molecule has 1 unspecified atom stereocenters. The Hall–Kier alpha value is -5.35. The van der Waals surface area contributed by atoms with Crippen molar-refractivity contribution in [3.8, 4) is 11.5 Å². The molecule has 17 heteroatoms. The first-order valence-electron chi connectivity index (χ1n) is 19.9. The van der Waals surface area contributed by atoms with Gasteiger partial charge < -0.3 is 33.9 Å². The third-order valence-corrected chi connectivity index (χ3v) is 15.4. The van der Waals surface area contributed by atoms with Gasteiger partial charge in [-0.2, -0.15) is 4.98 Å². The molecule has 2 aromatic heterocycles. The lowest BCUT2D eigenvalue weighted by molar-refractivity contribution is -0.00419. The number of aromatic nitrogens is 4. The number of nitrogens with one attached hydrogen (secondary N) is 1. The van der Waals surface area contributed by atoms with Crippen molar-refractivity contribution in [3.05, 3.63) is 160 Å². The smallest absolute Gasteiger partial charge is 0.280 e. The van der Waals surface area contributed by atoms with Gasteiger partial charge in [0.2, 0.25) is 18.6 Å². The highest BCUT2D eigenvalue weighted by Crippen LogP contribution is 2.58. The van der Waals surface area contributed by atoms with Gasteiger partial charge in [-0.15, -0.1) is 0 Å². The van der Waals surface area contributed by atoms with Crippen LogP contribution in [-0.4, -0.2) is 88.9 Å². The quantitative estimate of drug-likeness (QED) is 0.0325. The number of rotatable bonds is 20. The Morgan fingerprint density at radius 1 is 0.839 bits per heavy atom. The number of nitrogens with zero attached hydrogens (tertiary/aromatic N) is 4. The molecule has 0 bridgehead atoms. The Kier molecular flexibility index (Phi) is 15.2. The molecule has 1 saturated heterocycles. The number of imidazole rings is 1. The molecule has 0 spiro atoms. The van der Waals surface area contributed by atoms with Crippen LogP contribution in [0.1, 0.15) is 46.1 Å². The summed E-state index contributed by atoms with van der Waals surface area (Å²) in [4.78, 5) is 37.3. The second kappa shape index (κ2) is 21.1. The molecule has 3 N–H and O–H groups in total. The van der Waals surface area contributed by atoms with E-state index in [2.05, 4.69) is 19.6 Å². The van der Waals surface area contributed by atoms with E-state index in [4.69, 9.17) is 33.9 Å². The summed E-state index contributed by atoms with van der Waals surface area (Å²) in [5, 5.41) is 0.0147. The molecular weight excluding hydrogens is 848 g/mol. The zero-order valence-corrected chi connectivity index (χ0v) is 37.4.